The van der Waals surface area contributed by atoms with Gasteiger partial charge in [0.15, 0.2) is 0 Å². The molecule has 0 aromatic heterocycles. The molecule has 1 aromatic rings. The van der Waals surface area contributed by atoms with Crippen molar-refractivity contribution in [3.05, 3.63) is 35.9 Å². The van der Waals surface area contributed by atoms with Gasteiger partial charge in [0.1, 0.15) is 6.61 Å². The molecule has 0 atom stereocenters. The van der Waals surface area contributed by atoms with E-state index in [1.165, 1.54) is 0 Å². The van der Waals surface area contributed by atoms with Crippen molar-refractivity contribution < 1.29 is 9.53 Å². The van der Waals surface area contributed by atoms with Crippen LogP contribution < -0.4 is 16.4 Å². The van der Waals surface area contributed by atoms with E-state index in [9.17, 15) is 4.79 Å². The lowest BCUT2D eigenvalue weighted by Crippen LogP contribution is -2.53. The Morgan fingerprint density at radius 2 is 1.85 bits per heavy atom. The fourth-order valence-corrected chi connectivity index (χ4v) is 2.25. The molecule has 0 amide bonds. The van der Waals surface area contributed by atoms with Crippen LogP contribution in [0.5, 0.6) is 0 Å². The topological polar surface area (TPSA) is 76.4 Å². The van der Waals surface area contributed by atoms with E-state index in [2.05, 4.69) is 10.6 Å². The molecule has 1 heterocycles. The van der Waals surface area contributed by atoms with E-state index in [4.69, 9.17) is 10.5 Å². The Bertz CT molecular complexity index is 414. The number of ether oxygens (including phenoxy) is 1. The Balaban J connectivity index is 1.71. The second-order valence-corrected chi connectivity index (χ2v) is 5.36. The number of carbonyl (C=O) groups is 1. The minimum atomic E-state index is -0.373. The summed E-state index contributed by atoms with van der Waals surface area (Å²) in [6, 6.07) is 9.69. The summed E-state index contributed by atoms with van der Waals surface area (Å²) in [6.07, 6.45) is 0.979. The van der Waals surface area contributed by atoms with Gasteiger partial charge in [-0.1, -0.05) is 30.3 Å². The van der Waals surface area contributed by atoms with Crippen LogP contribution in [0.25, 0.3) is 0 Å². The van der Waals surface area contributed by atoms with Gasteiger partial charge in [0.05, 0.1) is 0 Å². The number of esters is 1. The van der Waals surface area contributed by atoms with Gasteiger partial charge in [0.2, 0.25) is 0 Å². The quantitative estimate of drug-likeness (QED) is 0.679. The van der Waals surface area contributed by atoms with E-state index < -0.39 is 0 Å². The molecule has 4 N–H and O–H groups in total. The van der Waals surface area contributed by atoms with E-state index in [1.54, 1.807) is 0 Å². The second kappa shape index (κ2) is 7.38. The van der Waals surface area contributed by atoms with Crippen molar-refractivity contribution >= 4 is 5.97 Å². The van der Waals surface area contributed by atoms with Crippen molar-refractivity contribution in [1.29, 1.82) is 0 Å². The maximum Gasteiger partial charge on any atom is 0.306 e. The summed E-state index contributed by atoms with van der Waals surface area (Å²) in [5.74, 6) is -0.192. The number of hydrogen-bond acceptors (Lipinski definition) is 5. The molecule has 0 bridgehead atoms. The van der Waals surface area contributed by atoms with Crippen LogP contribution in [0.2, 0.25) is 0 Å². The predicted molar refractivity (Wildman–Crippen MR) is 78.1 cm³/mol. The fourth-order valence-electron chi connectivity index (χ4n) is 2.25. The number of hydrogen-bond donors (Lipinski definition) is 3. The average molecular weight is 277 g/mol. The highest BCUT2D eigenvalue weighted by atomic mass is 16.5. The first-order chi connectivity index (χ1) is 9.68. The Morgan fingerprint density at radius 3 is 2.50 bits per heavy atom. The van der Waals surface area contributed by atoms with Crippen molar-refractivity contribution in [2.24, 2.45) is 5.73 Å². The van der Waals surface area contributed by atoms with Crippen LogP contribution in [0.3, 0.4) is 0 Å². The van der Waals surface area contributed by atoms with Gasteiger partial charge in [0.25, 0.3) is 0 Å². The number of nitrogens with one attached hydrogen (secondary N) is 2. The maximum atomic E-state index is 11.8. The highest BCUT2D eigenvalue weighted by Gasteiger charge is 2.26. The summed E-state index contributed by atoms with van der Waals surface area (Å²) in [4.78, 5) is 11.8. The minimum absolute atomic E-state index is 0.192. The monoisotopic (exact) mass is 277 g/mol. The zero-order chi connectivity index (χ0) is 14.3. The van der Waals surface area contributed by atoms with Gasteiger partial charge in [-0.3, -0.25) is 4.79 Å². The Labute approximate surface area is 119 Å². The summed E-state index contributed by atoms with van der Waals surface area (Å²) in [5.41, 5.74) is 6.91. The molecule has 1 fully saturated rings. The van der Waals surface area contributed by atoms with Crippen LogP contribution in [0.1, 0.15) is 18.4 Å². The van der Waals surface area contributed by atoms with Crippen LogP contribution in [-0.2, 0) is 16.1 Å². The predicted octanol–water partition coefficient (Wildman–Crippen LogP) is 0.400. The summed E-state index contributed by atoms with van der Waals surface area (Å²) in [6.45, 7) is 3.61. The Kier molecular flexibility index (Phi) is 5.52. The lowest BCUT2D eigenvalue weighted by molar-refractivity contribution is -0.145. The number of rotatable bonds is 5. The standard InChI is InChI=1S/C15H23N3O2/c16-15(11-17-8-9-18-12-15)7-6-14(19)20-10-13-4-2-1-3-5-13/h1-5,17-18H,6-12,16H2. The first-order valence-corrected chi connectivity index (χ1v) is 7.08. The molecule has 0 unspecified atom stereocenters. The van der Waals surface area contributed by atoms with Crippen LogP contribution in [-0.4, -0.2) is 37.7 Å². The molecule has 110 valence electrons. The average Bonchev–Trinajstić information content (AvgIpc) is 2.69. The third kappa shape index (κ3) is 4.92. The molecule has 5 heteroatoms. The molecule has 0 aliphatic carbocycles. The largest absolute Gasteiger partial charge is 0.461 e. The summed E-state index contributed by atoms with van der Waals surface area (Å²) in [7, 11) is 0. The minimum Gasteiger partial charge on any atom is -0.461 e. The smallest absolute Gasteiger partial charge is 0.306 e. The van der Waals surface area contributed by atoms with Crippen molar-refractivity contribution in [3.8, 4) is 0 Å². The molecule has 1 saturated heterocycles. The molecule has 1 aliphatic rings. The maximum absolute atomic E-state index is 11.8. The molecular weight excluding hydrogens is 254 g/mol. The number of carbonyl (C=O) groups excluding carboxylic acids is 1. The molecule has 0 radical (unpaired) electrons. The zero-order valence-corrected chi connectivity index (χ0v) is 11.7. The fraction of sp³-hybridized carbons (Fsp3) is 0.533. The molecular formula is C15H23N3O2. The number of nitrogens with two attached hydrogens (primary N) is 1. The van der Waals surface area contributed by atoms with E-state index in [0.29, 0.717) is 19.4 Å². The number of benzene rings is 1. The summed E-state index contributed by atoms with van der Waals surface area (Å²) < 4.78 is 5.26. The van der Waals surface area contributed by atoms with E-state index in [0.717, 1.165) is 31.7 Å². The lowest BCUT2D eigenvalue weighted by atomic mass is 9.94. The second-order valence-electron chi connectivity index (χ2n) is 5.36. The van der Waals surface area contributed by atoms with Crippen molar-refractivity contribution in [1.82, 2.24) is 10.6 Å². The van der Waals surface area contributed by atoms with E-state index >= 15 is 0 Å². The molecule has 1 aliphatic heterocycles. The zero-order valence-electron chi connectivity index (χ0n) is 11.7. The first-order valence-electron chi connectivity index (χ1n) is 7.08. The molecule has 1 aromatic carbocycles. The van der Waals surface area contributed by atoms with Gasteiger partial charge >= 0.3 is 5.97 Å². The highest BCUT2D eigenvalue weighted by Crippen LogP contribution is 2.11. The molecule has 20 heavy (non-hydrogen) atoms. The van der Waals surface area contributed by atoms with Gasteiger partial charge < -0.3 is 21.1 Å². The molecule has 5 nitrogen and oxygen atoms in total. The van der Waals surface area contributed by atoms with Crippen molar-refractivity contribution in [2.45, 2.75) is 25.0 Å². The summed E-state index contributed by atoms with van der Waals surface area (Å²) in [5, 5.41) is 6.56. The molecule has 0 spiro atoms. The van der Waals surface area contributed by atoms with Crippen LogP contribution in [0.4, 0.5) is 0 Å². The Hall–Kier alpha value is -1.43. The third-order valence-corrected chi connectivity index (χ3v) is 3.50. The highest BCUT2D eigenvalue weighted by molar-refractivity contribution is 5.69. The van der Waals surface area contributed by atoms with Gasteiger partial charge in [-0.15, -0.1) is 0 Å². The normalized spacial score (nSPS) is 18.2. The molecule has 0 saturated carbocycles. The summed E-state index contributed by atoms with van der Waals surface area (Å²) >= 11 is 0. The van der Waals surface area contributed by atoms with E-state index in [1.807, 2.05) is 30.3 Å². The third-order valence-electron chi connectivity index (χ3n) is 3.50. The van der Waals surface area contributed by atoms with Crippen molar-refractivity contribution in [2.75, 3.05) is 26.2 Å². The van der Waals surface area contributed by atoms with Crippen LogP contribution in [0.15, 0.2) is 30.3 Å². The first kappa shape index (κ1) is 15.0. The van der Waals surface area contributed by atoms with Crippen LogP contribution in [0, 0.1) is 0 Å². The lowest BCUT2D eigenvalue weighted by Gasteiger charge is -2.27. The van der Waals surface area contributed by atoms with Crippen molar-refractivity contribution in [3.63, 3.8) is 0 Å². The Morgan fingerprint density at radius 1 is 1.20 bits per heavy atom. The van der Waals surface area contributed by atoms with Gasteiger partial charge in [-0.2, -0.15) is 0 Å². The van der Waals surface area contributed by atoms with Gasteiger partial charge in [-0.25, -0.2) is 0 Å². The van der Waals surface area contributed by atoms with Gasteiger partial charge in [-0.05, 0) is 12.0 Å². The van der Waals surface area contributed by atoms with Gasteiger partial charge in [0, 0.05) is 38.1 Å². The SMILES string of the molecule is NC1(CCC(=O)OCc2ccccc2)CNCCNC1. The van der Waals surface area contributed by atoms with E-state index in [-0.39, 0.29) is 11.5 Å². The molecule has 2 rings (SSSR count). The van der Waals surface area contributed by atoms with Crippen LogP contribution >= 0.6 is 0 Å².